The molecule has 0 saturated heterocycles. The average Bonchev–Trinajstić information content (AvgIpc) is 2.27. The van der Waals surface area contributed by atoms with Gasteiger partial charge in [-0.3, -0.25) is 0 Å². The molecule has 0 radical (unpaired) electrons. The molecule has 1 aliphatic rings. The van der Waals surface area contributed by atoms with E-state index in [1.165, 1.54) is 25.7 Å². The van der Waals surface area contributed by atoms with E-state index in [1.807, 2.05) is 0 Å². The van der Waals surface area contributed by atoms with Crippen molar-refractivity contribution in [3.8, 4) is 0 Å². The first-order valence-corrected chi connectivity index (χ1v) is 5.01. The number of methoxy groups -OCH3 is 1. The molecular weight excluding hydrogens is 152 g/mol. The highest BCUT2D eigenvalue weighted by molar-refractivity contribution is 4.72. The molecule has 72 valence electrons. The van der Waals surface area contributed by atoms with Gasteiger partial charge in [0.05, 0.1) is 6.10 Å². The summed E-state index contributed by atoms with van der Waals surface area (Å²) >= 11 is 0. The van der Waals surface area contributed by atoms with Crippen molar-refractivity contribution in [1.82, 2.24) is 0 Å². The van der Waals surface area contributed by atoms with Crippen LogP contribution in [0.15, 0.2) is 0 Å². The number of aliphatic hydroxyl groups is 1. The van der Waals surface area contributed by atoms with Gasteiger partial charge < -0.3 is 9.84 Å². The Labute approximate surface area is 74.9 Å². The SMILES string of the molecule is COCCC1CCCCCC1O. The highest BCUT2D eigenvalue weighted by atomic mass is 16.5. The van der Waals surface area contributed by atoms with E-state index in [0.29, 0.717) is 5.92 Å². The monoisotopic (exact) mass is 172 g/mol. The normalized spacial score (nSPS) is 31.5. The quantitative estimate of drug-likeness (QED) is 0.659. The van der Waals surface area contributed by atoms with E-state index >= 15 is 0 Å². The number of hydrogen-bond acceptors (Lipinski definition) is 2. The molecule has 2 heteroatoms. The zero-order chi connectivity index (χ0) is 8.81. The Morgan fingerprint density at radius 1 is 1.25 bits per heavy atom. The molecule has 0 amide bonds. The zero-order valence-corrected chi connectivity index (χ0v) is 7.96. The molecule has 0 aromatic rings. The van der Waals surface area contributed by atoms with Gasteiger partial charge in [-0.05, 0) is 25.2 Å². The predicted octanol–water partition coefficient (Wildman–Crippen LogP) is 1.96. The highest BCUT2D eigenvalue weighted by Crippen LogP contribution is 2.25. The van der Waals surface area contributed by atoms with E-state index in [1.54, 1.807) is 7.11 Å². The lowest BCUT2D eigenvalue weighted by molar-refractivity contribution is 0.0748. The fourth-order valence-corrected chi connectivity index (χ4v) is 1.97. The number of hydrogen-bond donors (Lipinski definition) is 1. The Morgan fingerprint density at radius 2 is 2.00 bits per heavy atom. The Bertz CT molecular complexity index is 114. The van der Waals surface area contributed by atoms with Crippen LogP contribution in [0, 0.1) is 5.92 Å². The molecule has 2 atom stereocenters. The summed E-state index contributed by atoms with van der Waals surface area (Å²) in [5.74, 6) is 0.493. The minimum Gasteiger partial charge on any atom is -0.393 e. The first-order chi connectivity index (χ1) is 5.84. The molecule has 2 unspecified atom stereocenters. The maximum Gasteiger partial charge on any atom is 0.0569 e. The van der Waals surface area contributed by atoms with Crippen molar-refractivity contribution in [3.63, 3.8) is 0 Å². The number of ether oxygens (including phenoxy) is 1. The van der Waals surface area contributed by atoms with Gasteiger partial charge in [-0.2, -0.15) is 0 Å². The van der Waals surface area contributed by atoms with E-state index in [2.05, 4.69) is 0 Å². The van der Waals surface area contributed by atoms with Crippen LogP contribution in [0.3, 0.4) is 0 Å². The van der Waals surface area contributed by atoms with E-state index in [-0.39, 0.29) is 6.10 Å². The van der Waals surface area contributed by atoms with Crippen molar-refractivity contribution in [3.05, 3.63) is 0 Å². The molecule has 1 N–H and O–H groups in total. The summed E-state index contributed by atoms with van der Waals surface area (Å²) < 4.78 is 5.02. The van der Waals surface area contributed by atoms with Crippen LogP contribution in [-0.4, -0.2) is 24.9 Å². The van der Waals surface area contributed by atoms with Gasteiger partial charge in [-0.25, -0.2) is 0 Å². The molecule has 2 nitrogen and oxygen atoms in total. The van der Waals surface area contributed by atoms with Gasteiger partial charge in [0, 0.05) is 13.7 Å². The van der Waals surface area contributed by atoms with Gasteiger partial charge >= 0.3 is 0 Å². The molecular formula is C10H20O2. The topological polar surface area (TPSA) is 29.5 Å². The predicted molar refractivity (Wildman–Crippen MR) is 49.1 cm³/mol. The molecule has 0 aromatic carbocycles. The van der Waals surface area contributed by atoms with Crippen LogP contribution < -0.4 is 0 Å². The second-order valence-electron chi connectivity index (χ2n) is 3.75. The van der Waals surface area contributed by atoms with Crippen molar-refractivity contribution in [1.29, 1.82) is 0 Å². The van der Waals surface area contributed by atoms with Gasteiger partial charge in [0.2, 0.25) is 0 Å². The van der Waals surface area contributed by atoms with Crippen molar-refractivity contribution >= 4 is 0 Å². The summed E-state index contributed by atoms with van der Waals surface area (Å²) in [4.78, 5) is 0. The van der Waals surface area contributed by atoms with Crippen molar-refractivity contribution in [2.24, 2.45) is 5.92 Å². The largest absolute Gasteiger partial charge is 0.393 e. The number of aliphatic hydroxyl groups excluding tert-OH is 1. The second-order valence-corrected chi connectivity index (χ2v) is 3.75. The third kappa shape index (κ3) is 3.11. The summed E-state index contributed by atoms with van der Waals surface area (Å²) in [5.41, 5.74) is 0. The molecule has 12 heavy (non-hydrogen) atoms. The Hall–Kier alpha value is -0.0800. The molecule has 0 spiro atoms. The van der Waals surface area contributed by atoms with Gasteiger partial charge in [0.15, 0.2) is 0 Å². The van der Waals surface area contributed by atoms with Crippen LogP contribution in [0.2, 0.25) is 0 Å². The van der Waals surface area contributed by atoms with Crippen LogP contribution >= 0.6 is 0 Å². The molecule has 0 aromatic heterocycles. The van der Waals surface area contributed by atoms with Crippen LogP contribution in [0.1, 0.15) is 38.5 Å². The number of rotatable bonds is 3. The molecule has 0 bridgehead atoms. The second kappa shape index (κ2) is 5.55. The van der Waals surface area contributed by atoms with Crippen LogP contribution in [0.5, 0.6) is 0 Å². The summed E-state index contributed by atoms with van der Waals surface area (Å²) in [5, 5.41) is 9.72. The lowest BCUT2D eigenvalue weighted by atomic mass is 9.94. The van der Waals surface area contributed by atoms with Gasteiger partial charge in [-0.1, -0.05) is 19.3 Å². The van der Waals surface area contributed by atoms with Crippen LogP contribution in [0.4, 0.5) is 0 Å². The maximum absolute atomic E-state index is 9.72. The first-order valence-electron chi connectivity index (χ1n) is 5.01. The van der Waals surface area contributed by atoms with Gasteiger partial charge in [-0.15, -0.1) is 0 Å². The molecule has 1 fully saturated rings. The van der Waals surface area contributed by atoms with E-state index < -0.39 is 0 Å². The van der Waals surface area contributed by atoms with Crippen molar-refractivity contribution < 1.29 is 9.84 Å². The minimum atomic E-state index is -0.0670. The van der Waals surface area contributed by atoms with Crippen LogP contribution in [-0.2, 0) is 4.74 Å². The average molecular weight is 172 g/mol. The third-order valence-corrected chi connectivity index (χ3v) is 2.81. The summed E-state index contributed by atoms with van der Waals surface area (Å²) in [6, 6.07) is 0. The fourth-order valence-electron chi connectivity index (χ4n) is 1.97. The standard InChI is InChI=1S/C10H20O2/c1-12-8-7-9-5-3-2-4-6-10(9)11/h9-11H,2-8H2,1H3. The van der Waals surface area contributed by atoms with E-state index in [0.717, 1.165) is 19.4 Å². The molecule has 0 heterocycles. The third-order valence-electron chi connectivity index (χ3n) is 2.81. The van der Waals surface area contributed by atoms with E-state index in [9.17, 15) is 5.11 Å². The smallest absolute Gasteiger partial charge is 0.0569 e. The minimum absolute atomic E-state index is 0.0670. The lowest BCUT2D eigenvalue weighted by Crippen LogP contribution is -2.20. The van der Waals surface area contributed by atoms with Crippen molar-refractivity contribution in [2.45, 2.75) is 44.6 Å². The van der Waals surface area contributed by atoms with Crippen LogP contribution in [0.25, 0.3) is 0 Å². The lowest BCUT2D eigenvalue weighted by Gasteiger charge is -2.19. The van der Waals surface area contributed by atoms with Gasteiger partial charge in [0.25, 0.3) is 0 Å². The molecule has 1 saturated carbocycles. The Kier molecular flexibility index (Phi) is 4.62. The highest BCUT2D eigenvalue weighted by Gasteiger charge is 2.20. The van der Waals surface area contributed by atoms with E-state index in [4.69, 9.17) is 4.74 Å². The maximum atomic E-state index is 9.72. The molecule has 0 aliphatic heterocycles. The fraction of sp³-hybridized carbons (Fsp3) is 1.00. The summed E-state index contributed by atoms with van der Waals surface area (Å²) in [7, 11) is 1.73. The summed E-state index contributed by atoms with van der Waals surface area (Å²) in [6.07, 6.45) is 6.91. The summed E-state index contributed by atoms with van der Waals surface area (Å²) in [6.45, 7) is 0.793. The first kappa shape index (κ1) is 10.0. The molecule has 1 rings (SSSR count). The van der Waals surface area contributed by atoms with Crippen molar-refractivity contribution in [2.75, 3.05) is 13.7 Å². The molecule has 1 aliphatic carbocycles. The Morgan fingerprint density at radius 3 is 2.75 bits per heavy atom. The van der Waals surface area contributed by atoms with Gasteiger partial charge in [0.1, 0.15) is 0 Å². The zero-order valence-electron chi connectivity index (χ0n) is 7.96. The Balaban J connectivity index is 2.26.